The van der Waals surface area contributed by atoms with Crippen molar-refractivity contribution in [2.24, 2.45) is 0 Å². The van der Waals surface area contributed by atoms with Crippen LogP contribution in [0.2, 0.25) is 0 Å². The number of rotatable bonds is 2. The van der Waals surface area contributed by atoms with Gasteiger partial charge in [-0.05, 0) is 29.7 Å². The van der Waals surface area contributed by atoms with Crippen molar-refractivity contribution in [3.05, 3.63) is 29.6 Å². The molecule has 1 nitrogen and oxygen atoms in total. The standard InChI is InChI=1S/C10H14FN/c1-7(2)9-6-8(11)4-5-10(9)12-3/h4-7,12H,1-3H3. The van der Waals surface area contributed by atoms with E-state index in [0.717, 1.165) is 11.3 Å². The predicted molar refractivity (Wildman–Crippen MR) is 50.0 cm³/mol. The Morgan fingerprint density at radius 2 is 2.00 bits per heavy atom. The minimum Gasteiger partial charge on any atom is -0.388 e. The second-order valence-electron chi connectivity index (χ2n) is 3.14. The fraction of sp³-hybridized carbons (Fsp3) is 0.400. The molecular formula is C10H14FN. The summed E-state index contributed by atoms with van der Waals surface area (Å²) in [4.78, 5) is 0. The summed E-state index contributed by atoms with van der Waals surface area (Å²) in [5, 5.41) is 3.04. The number of anilines is 1. The van der Waals surface area contributed by atoms with Crippen molar-refractivity contribution < 1.29 is 4.39 Å². The third-order valence-corrected chi connectivity index (χ3v) is 1.90. The maximum Gasteiger partial charge on any atom is 0.123 e. The van der Waals surface area contributed by atoms with E-state index < -0.39 is 0 Å². The van der Waals surface area contributed by atoms with Crippen LogP contribution in [0.15, 0.2) is 18.2 Å². The fourth-order valence-electron chi connectivity index (χ4n) is 1.24. The molecule has 0 saturated heterocycles. The van der Waals surface area contributed by atoms with Gasteiger partial charge in [0.2, 0.25) is 0 Å². The molecule has 1 aromatic carbocycles. The largest absolute Gasteiger partial charge is 0.388 e. The molecule has 1 aromatic rings. The predicted octanol–water partition coefficient (Wildman–Crippen LogP) is 2.99. The molecule has 0 saturated carbocycles. The van der Waals surface area contributed by atoms with Crippen LogP contribution in [-0.4, -0.2) is 7.05 Å². The maximum absolute atomic E-state index is 12.8. The number of benzene rings is 1. The first kappa shape index (κ1) is 9.04. The van der Waals surface area contributed by atoms with Crippen LogP contribution in [-0.2, 0) is 0 Å². The van der Waals surface area contributed by atoms with Crippen LogP contribution in [0.5, 0.6) is 0 Å². The van der Waals surface area contributed by atoms with Gasteiger partial charge in [-0.25, -0.2) is 4.39 Å². The first-order chi connectivity index (χ1) is 5.65. The molecule has 1 rings (SSSR count). The van der Waals surface area contributed by atoms with Gasteiger partial charge in [-0.2, -0.15) is 0 Å². The van der Waals surface area contributed by atoms with Gasteiger partial charge in [-0.3, -0.25) is 0 Å². The highest BCUT2D eigenvalue weighted by molar-refractivity contribution is 5.52. The molecule has 2 heteroatoms. The highest BCUT2D eigenvalue weighted by atomic mass is 19.1. The Labute approximate surface area is 72.6 Å². The zero-order chi connectivity index (χ0) is 9.14. The summed E-state index contributed by atoms with van der Waals surface area (Å²) >= 11 is 0. The Morgan fingerprint density at radius 3 is 2.50 bits per heavy atom. The smallest absolute Gasteiger partial charge is 0.123 e. The third kappa shape index (κ3) is 1.76. The van der Waals surface area contributed by atoms with Crippen LogP contribution in [0.4, 0.5) is 10.1 Å². The molecular weight excluding hydrogens is 153 g/mol. The molecule has 0 radical (unpaired) electrons. The number of hydrogen-bond acceptors (Lipinski definition) is 1. The van der Waals surface area contributed by atoms with E-state index in [1.54, 1.807) is 12.1 Å². The van der Waals surface area contributed by atoms with Crippen LogP contribution in [0.3, 0.4) is 0 Å². The van der Waals surface area contributed by atoms with E-state index in [9.17, 15) is 4.39 Å². The summed E-state index contributed by atoms with van der Waals surface area (Å²) in [7, 11) is 1.85. The summed E-state index contributed by atoms with van der Waals surface area (Å²) in [6, 6.07) is 4.82. The monoisotopic (exact) mass is 167 g/mol. The lowest BCUT2D eigenvalue weighted by atomic mass is 10.0. The quantitative estimate of drug-likeness (QED) is 0.714. The molecule has 0 fully saturated rings. The minimum absolute atomic E-state index is 0.169. The van der Waals surface area contributed by atoms with Gasteiger partial charge in [-0.15, -0.1) is 0 Å². The SMILES string of the molecule is CNc1ccc(F)cc1C(C)C. The second-order valence-corrected chi connectivity index (χ2v) is 3.14. The topological polar surface area (TPSA) is 12.0 Å². The van der Waals surface area contributed by atoms with Crippen molar-refractivity contribution >= 4 is 5.69 Å². The zero-order valence-electron chi connectivity index (χ0n) is 7.69. The average Bonchev–Trinajstić information content (AvgIpc) is 2.04. The molecule has 0 aliphatic carbocycles. The number of halogens is 1. The third-order valence-electron chi connectivity index (χ3n) is 1.90. The molecule has 1 N–H and O–H groups in total. The summed E-state index contributed by atoms with van der Waals surface area (Å²) in [6.45, 7) is 4.10. The molecule has 0 aliphatic heterocycles. The molecule has 0 aromatic heterocycles. The number of nitrogens with one attached hydrogen (secondary N) is 1. The molecule has 12 heavy (non-hydrogen) atoms. The minimum atomic E-state index is -0.169. The Hall–Kier alpha value is -1.05. The van der Waals surface area contributed by atoms with Gasteiger partial charge >= 0.3 is 0 Å². The van der Waals surface area contributed by atoms with Crippen molar-refractivity contribution in [2.75, 3.05) is 12.4 Å². The lowest BCUT2D eigenvalue weighted by Crippen LogP contribution is -1.97. The summed E-state index contributed by atoms with van der Waals surface area (Å²) in [5.74, 6) is 0.181. The van der Waals surface area contributed by atoms with E-state index in [1.807, 2.05) is 7.05 Å². The molecule has 0 amide bonds. The Bertz CT molecular complexity index is 269. The van der Waals surface area contributed by atoms with E-state index in [4.69, 9.17) is 0 Å². The van der Waals surface area contributed by atoms with Gasteiger partial charge in [-0.1, -0.05) is 13.8 Å². The van der Waals surface area contributed by atoms with Crippen molar-refractivity contribution in [3.63, 3.8) is 0 Å². The summed E-state index contributed by atoms with van der Waals surface area (Å²) in [6.07, 6.45) is 0. The lowest BCUT2D eigenvalue weighted by Gasteiger charge is -2.11. The van der Waals surface area contributed by atoms with E-state index in [-0.39, 0.29) is 5.82 Å². The van der Waals surface area contributed by atoms with Crippen molar-refractivity contribution in [2.45, 2.75) is 19.8 Å². The zero-order valence-corrected chi connectivity index (χ0v) is 7.69. The maximum atomic E-state index is 12.8. The first-order valence-electron chi connectivity index (χ1n) is 4.12. The lowest BCUT2D eigenvalue weighted by molar-refractivity contribution is 0.623. The van der Waals surface area contributed by atoms with Gasteiger partial charge in [0.15, 0.2) is 0 Å². The van der Waals surface area contributed by atoms with Gasteiger partial charge in [0, 0.05) is 12.7 Å². The van der Waals surface area contributed by atoms with Gasteiger partial charge < -0.3 is 5.32 Å². The second kappa shape index (κ2) is 3.57. The highest BCUT2D eigenvalue weighted by Crippen LogP contribution is 2.24. The molecule has 0 atom stereocenters. The van der Waals surface area contributed by atoms with E-state index in [2.05, 4.69) is 19.2 Å². The Morgan fingerprint density at radius 1 is 1.33 bits per heavy atom. The van der Waals surface area contributed by atoms with E-state index in [1.165, 1.54) is 6.07 Å². The summed E-state index contributed by atoms with van der Waals surface area (Å²) < 4.78 is 12.8. The molecule has 0 unspecified atom stereocenters. The molecule has 0 bridgehead atoms. The van der Waals surface area contributed by atoms with Crippen molar-refractivity contribution in [1.82, 2.24) is 0 Å². The molecule has 66 valence electrons. The van der Waals surface area contributed by atoms with Gasteiger partial charge in [0.05, 0.1) is 0 Å². The van der Waals surface area contributed by atoms with Crippen molar-refractivity contribution in [1.29, 1.82) is 0 Å². The Balaban J connectivity index is 3.12. The van der Waals surface area contributed by atoms with Gasteiger partial charge in [0.25, 0.3) is 0 Å². The fourth-order valence-corrected chi connectivity index (χ4v) is 1.24. The van der Waals surface area contributed by atoms with Gasteiger partial charge in [0.1, 0.15) is 5.82 Å². The normalized spacial score (nSPS) is 10.4. The summed E-state index contributed by atoms with van der Waals surface area (Å²) in [5.41, 5.74) is 2.03. The average molecular weight is 167 g/mol. The van der Waals surface area contributed by atoms with Crippen LogP contribution in [0.25, 0.3) is 0 Å². The van der Waals surface area contributed by atoms with Crippen LogP contribution < -0.4 is 5.32 Å². The first-order valence-corrected chi connectivity index (χ1v) is 4.12. The van der Waals surface area contributed by atoms with Crippen molar-refractivity contribution in [3.8, 4) is 0 Å². The van der Waals surface area contributed by atoms with E-state index in [0.29, 0.717) is 5.92 Å². The molecule has 0 aliphatic rings. The van der Waals surface area contributed by atoms with Crippen LogP contribution >= 0.6 is 0 Å². The number of hydrogen-bond donors (Lipinski definition) is 1. The van der Waals surface area contributed by atoms with Crippen LogP contribution in [0, 0.1) is 5.82 Å². The Kier molecular flexibility index (Phi) is 2.69. The highest BCUT2D eigenvalue weighted by Gasteiger charge is 2.05. The molecule has 0 heterocycles. The van der Waals surface area contributed by atoms with Crippen LogP contribution in [0.1, 0.15) is 25.3 Å². The van der Waals surface area contributed by atoms with E-state index >= 15 is 0 Å². The molecule has 0 spiro atoms.